The van der Waals surface area contributed by atoms with Gasteiger partial charge in [0.05, 0.1) is 0 Å². The summed E-state index contributed by atoms with van der Waals surface area (Å²) in [5.41, 5.74) is 0.509. The van der Waals surface area contributed by atoms with Crippen molar-refractivity contribution < 1.29 is 0 Å². The van der Waals surface area contributed by atoms with E-state index in [1.165, 1.54) is 25.8 Å². The minimum absolute atomic E-state index is 0.509. The van der Waals surface area contributed by atoms with E-state index in [2.05, 4.69) is 39.9 Å². The molecule has 0 saturated heterocycles. The lowest BCUT2D eigenvalue weighted by molar-refractivity contribution is 0.262. The van der Waals surface area contributed by atoms with E-state index in [0.29, 0.717) is 5.41 Å². The topological polar surface area (TPSA) is 12.0 Å². The molecule has 0 amide bonds. The van der Waals surface area contributed by atoms with E-state index >= 15 is 0 Å². The molecule has 0 spiro atoms. The third-order valence-electron chi connectivity index (χ3n) is 2.37. The second-order valence-corrected chi connectivity index (χ2v) is 5.26. The third-order valence-corrected chi connectivity index (χ3v) is 2.37. The molecule has 0 aliphatic heterocycles. The Morgan fingerprint density at radius 2 is 1.77 bits per heavy atom. The summed E-state index contributed by atoms with van der Waals surface area (Å²) in [5.74, 6) is 0.821. The van der Waals surface area contributed by atoms with Crippen molar-refractivity contribution in [3.63, 3.8) is 0 Å². The predicted molar refractivity (Wildman–Crippen MR) is 61.0 cm³/mol. The fourth-order valence-electron chi connectivity index (χ4n) is 1.94. The molecule has 0 atom stereocenters. The van der Waals surface area contributed by atoms with Crippen LogP contribution in [0.4, 0.5) is 0 Å². The van der Waals surface area contributed by atoms with Crippen LogP contribution in [0.25, 0.3) is 0 Å². The van der Waals surface area contributed by atoms with Gasteiger partial charge in [-0.3, -0.25) is 0 Å². The van der Waals surface area contributed by atoms with Gasteiger partial charge in [0, 0.05) is 0 Å². The zero-order valence-electron chi connectivity index (χ0n) is 10.1. The Bertz CT molecular complexity index is 116. The molecule has 80 valence electrons. The standard InChI is InChI=1S/C12H27N/c1-6-8-13-9-7-12(4,5)10-11(2)3/h11,13H,6-10H2,1-5H3. The van der Waals surface area contributed by atoms with Crippen LogP contribution in [0.3, 0.4) is 0 Å². The van der Waals surface area contributed by atoms with Gasteiger partial charge < -0.3 is 5.32 Å². The van der Waals surface area contributed by atoms with Gasteiger partial charge in [0.2, 0.25) is 0 Å². The van der Waals surface area contributed by atoms with Crippen LogP contribution in [0.15, 0.2) is 0 Å². The van der Waals surface area contributed by atoms with Gasteiger partial charge in [-0.1, -0.05) is 34.6 Å². The molecule has 1 N–H and O–H groups in total. The van der Waals surface area contributed by atoms with Crippen molar-refractivity contribution >= 4 is 0 Å². The van der Waals surface area contributed by atoms with Gasteiger partial charge in [-0.2, -0.15) is 0 Å². The first-order valence-corrected chi connectivity index (χ1v) is 5.68. The average molecular weight is 185 g/mol. The molecule has 1 heteroatoms. The summed E-state index contributed by atoms with van der Waals surface area (Å²) < 4.78 is 0. The summed E-state index contributed by atoms with van der Waals surface area (Å²) in [6, 6.07) is 0. The number of rotatable bonds is 7. The minimum atomic E-state index is 0.509. The molecule has 0 aliphatic rings. The smallest absolute Gasteiger partial charge is 0.00438 e. The molecule has 0 heterocycles. The molecule has 0 bridgehead atoms. The van der Waals surface area contributed by atoms with Crippen molar-refractivity contribution in [2.45, 2.75) is 53.9 Å². The molecule has 1 nitrogen and oxygen atoms in total. The summed E-state index contributed by atoms with van der Waals surface area (Å²) >= 11 is 0. The number of hydrogen-bond donors (Lipinski definition) is 1. The van der Waals surface area contributed by atoms with Crippen molar-refractivity contribution in [2.24, 2.45) is 11.3 Å². The molecule has 0 rings (SSSR count). The van der Waals surface area contributed by atoms with Gasteiger partial charge in [-0.15, -0.1) is 0 Å². The Labute approximate surface area is 84.3 Å². The highest BCUT2D eigenvalue weighted by Crippen LogP contribution is 2.28. The molecular formula is C12H27N. The summed E-state index contributed by atoms with van der Waals surface area (Å²) in [5, 5.41) is 3.46. The van der Waals surface area contributed by atoms with Crippen LogP contribution in [0.1, 0.15) is 53.9 Å². The van der Waals surface area contributed by atoms with Gasteiger partial charge in [0.1, 0.15) is 0 Å². The first-order valence-electron chi connectivity index (χ1n) is 5.68. The Morgan fingerprint density at radius 3 is 2.23 bits per heavy atom. The maximum absolute atomic E-state index is 3.46. The molecule has 0 aromatic heterocycles. The highest BCUT2D eigenvalue weighted by molar-refractivity contribution is 4.71. The number of nitrogens with one attached hydrogen (secondary N) is 1. The van der Waals surface area contributed by atoms with Crippen molar-refractivity contribution in [3.05, 3.63) is 0 Å². The first kappa shape index (κ1) is 13.0. The molecule has 0 fully saturated rings. The largest absolute Gasteiger partial charge is 0.317 e. The van der Waals surface area contributed by atoms with Gasteiger partial charge in [-0.25, -0.2) is 0 Å². The second kappa shape index (κ2) is 6.42. The van der Waals surface area contributed by atoms with E-state index in [1.807, 2.05) is 0 Å². The van der Waals surface area contributed by atoms with Gasteiger partial charge in [0.25, 0.3) is 0 Å². The van der Waals surface area contributed by atoms with Crippen LogP contribution >= 0.6 is 0 Å². The SMILES string of the molecule is CCCNCCC(C)(C)CC(C)C. The quantitative estimate of drug-likeness (QED) is 0.599. The van der Waals surface area contributed by atoms with Gasteiger partial charge >= 0.3 is 0 Å². The third kappa shape index (κ3) is 8.29. The molecule has 0 aromatic carbocycles. The molecule has 0 saturated carbocycles. The van der Waals surface area contributed by atoms with Crippen molar-refractivity contribution in [2.75, 3.05) is 13.1 Å². The lowest BCUT2D eigenvalue weighted by atomic mass is 9.81. The summed E-state index contributed by atoms with van der Waals surface area (Å²) in [6.45, 7) is 13.9. The molecule has 0 aliphatic carbocycles. The van der Waals surface area contributed by atoms with E-state index in [-0.39, 0.29) is 0 Å². The van der Waals surface area contributed by atoms with Crippen LogP contribution in [-0.4, -0.2) is 13.1 Å². The maximum Gasteiger partial charge on any atom is -0.00438 e. The van der Waals surface area contributed by atoms with E-state index in [1.54, 1.807) is 0 Å². The molecule has 0 radical (unpaired) electrons. The van der Waals surface area contributed by atoms with Crippen LogP contribution in [-0.2, 0) is 0 Å². The van der Waals surface area contributed by atoms with Crippen molar-refractivity contribution in [1.82, 2.24) is 5.32 Å². The predicted octanol–water partition coefficient (Wildman–Crippen LogP) is 3.45. The normalized spacial score (nSPS) is 12.5. The maximum atomic E-state index is 3.46. The highest BCUT2D eigenvalue weighted by atomic mass is 14.8. The lowest BCUT2D eigenvalue weighted by Gasteiger charge is -2.26. The van der Waals surface area contributed by atoms with E-state index in [9.17, 15) is 0 Å². The summed E-state index contributed by atoms with van der Waals surface area (Å²) in [6.07, 6.45) is 3.87. The summed E-state index contributed by atoms with van der Waals surface area (Å²) in [4.78, 5) is 0. The summed E-state index contributed by atoms with van der Waals surface area (Å²) in [7, 11) is 0. The fourth-order valence-corrected chi connectivity index (χ4v) is 1.94. The minimum Gasteiger partial charge on any atom is -0.317 e. The molecular weight excluding hydrogens is 158 g/mol. The first-order chi connectivity index (χ1) is 5.98. The number of hydrogen-bond acceptors (Lipinski definition) is 1. The lowest BCUT2D eigenvalue weighted by Crippen LogP contribution is -2.24. The van der Waals surface area contributed by atoms with E-state index in [4.69, 9.17) is 0 Å². The Morgan fingerprint density at radius 1 is 1.15 bits per heavy atom. The van der Waals surface area contributed by atoms with Gasteiger partial charge in [-0.05, 0) is 43.7 Å². The monoisotopic (exact) mass is 185 g/mol. The average Bonchev–Trinajstić information content (AvgIpc) is 1.95. The van der Waals surface area contributed by atoms with Gasteiger partial charge in [0.15, 0.2) is 0 Å². The van der Waals surface area contributed by atoms with Crippen molar-refractivity contribution in [1.29, 1.82) is 0 Å². The molecule has 13 heavy (non-hydrogen) atoms. The molecule has 0 unspecified atom stereocenters. The second-order valence-electron chi connectivity index (χ2n) is 5.26. The van der Waals surface area contributed by atoms with Crippen LogP contribution < -0.4 is 5.32 Å². The Balaban J connectivity index is 3.50. The van der Waals surface area contributed by atoms with E-state index < -0.39 is 0 Å². The Hall–Kier alpha value is -0.0400. The fraction of sp³-hybridized carbons (Fsp3) is 1.00. The van der Waals surface area contributed by atoms with Crippen LogP contribution in [0, 0.1) is 11.3 Å². The zero-order valence-corrected chi connectivity index (χ0v) is 10.1. The zero-order chi connectivity index (χ0) is 10.3. The van der Waals surface area contributed by atoms with Crippen LogP contribution in [0.2, 0.25) is 0 Å². The van der Waals surface area contributed by atoms with E-state index in [0.717, 1.165) is 12.5 Å². The highest BCUT2D eigenvalue weighted by Gasteiger charge is 2.18. The Kier molecular flexibility index (Phi) is 6.40. The molecule has 0 aromatic rings. The van der Waals surface area contributed by atoms with Crippen LogP contribution in [0.5, 0.6) is 0 Å². The van der Waals surface area contributed by atoms with Crippen molar-refractivity contribution in [3.8, 4) is 0 Å².